The van der Waals surface area contributed by atoms with Crippen LogP contribution in [0.2, 0.25) is 0 Å². The van der Waals surface area contributed by atoms with Gasteiger partial charge in [-0.15, -0.1) is 0 Å². The van der Waals surface area contributed by atoms with Crippen molar-refractivity contribution in [2.24, 2.45) is 0 Å². The molecule has 1 amide bonds. The quantitative estimate of drug-likeness (QED) is 0.388. The van der Waals surface area contributed by atoms with Gasteiger partial charge in [0.25, 0.3) is 5.91 Å². The van der Waals surface area contributed by atoms with Crippen molar-refractivity contribution in [2.45, 2.75) is 16.9 Å². The van der Waals surface area contributed by atoms with Gasteiger partial charge in [0.1, 0.15) is 17.4 Å². The molecule has 0 aliphatic heterocycles. The topological polar surface area (TPSA) is 66.0 Å². The molecule has 0 radical (unpaired) electrons. The van der Waals surface area contributed by atoms with Crippen LogP contribution in [0.25, 0.3) is 6.08 Å². The highest BCUT2D eigenvalue weighted by atomic mass is 79.9. The van der Waals surface area contributed by atoms with Crippen LogP contribution in [-0.4, -0.2) is 5.91 Å². The smallest absolute Gasteiger partial charge is 0.266 e. The summed E-state index contributed by atoms with van der Waals surface area (Å²) in [5.41, 5.74) is 1.56. The van der Waals surface area contributed by atoms with Crippen molar-refractivity contribution in [1.29, 1.82) is 5.26 Å². The molecule has 0 bridgehead atoms. The fraction of sp³-hybridized carbons (Fsp3) is 0.0476. The summed E-state index contributed by atoms with van der Waals surface area (Å²) >= 11 is 4.92. The molecule has 27 heavy (non-hydrogen) atoms. The first-order valence-electron chi connectivity index (χ1n) is 8.08. The molecular formula is C21H15BrN2O2S. The Balaban J connectivity index is 1.80. The van der Waals surface area contributed by atoms with Crippen molar-refractivity contribution >= 4 is 45.4 Å². The van der Waals surface area contributed by atoms with Gasteiger partial charge in [-0.05, 0) is 52.7 Å². The van der Waals surface area contributed by atoms with Crippen LogP contribution in [0.3, 0.4) is 0 Å². The lowest BCUT2D eigenvalue weighted by atomic mass is 10.2. The van der Waals surface area contributed by atoms with Gasteiger partial charge < -0.3 is 9.73 Å². The maximum Gasteiger partial charge on any atom is 0.266 e. The molecule has 6 heteroatoms. The molecule has 1 aromatic heterocycles. The number of benzene rings is 2. The maximum absolute atomic E-state index is 12.4. The predicted octanol–water partition coefficient (Wildman–Crippen LogP) is 6.05. The number of nitrogens with one attached hydrogen (secondary N) is 1. The third-order valence-electron chi connectivity index (χ3n) is 3.67. The minimum Gasteiger partial charge on any atom is -0.449 e. The van der Waals surface area contributed by atoms with Crippen LogP contribution in [0.1, 0.15) is 11.3 Å². The average Bonchev–Trinajstić information content (AvgIpc) is 3.01. The maximum atomic E-state index is 12.4. The largest absolute Gasteiger partial charge is 0.449 e. The Kier molecular flexibility index (Phi) is 6.17. The van der Waals surface area contributed by atoms with Crippen molar-refractivity contribution in [3.63, 3.8) is 0 Å². The number of aryl methyl sites for hydroxylation is 1. The summed E-state index contributed by atoms with van der Waals surface area (Å²) in [7, 11) is 0. The standard InChI is InChI=1S/C21H15BrN2O2S/c1-14-7-5-6-10-19(14)24-20(25)15(13-23)11-16-12-18(22)21(26-16)27-17-8-3-2-4-9-17/h2-12H,1H3,(H,24,25)/b15-11-. The zero-order valence-electron chi connectivity index (χ0n) is 14.4. The van der Waals surface area contributed by atoms with Gasteiger partial charge in [0.15, 0.2) is 5.09 Å². The summed E-state index contributed by atoms with van der Waals surface area (Å²) in [6.45, 7) is 1.89. The van der Waals surface area contributed by atoms with Gasteiger partial charge in [-0.3, -0.25) is 4.79 Å². The summed E-state index contributed by atoms with van der Waals surface area (Å²) < 4.78 is 6.55. The van der Waals surface area contributed by atoms with Gasteiger partial charge in [0, 0.05) is 16.7 Å². The third-order valence-corrected chi connectivity index (χ3v) is 5.52. The van der Waals surface area contributed by atoms with Crippen LogP contribution in [0.4, 0.5) is 5.69 Å². The molecule has 1 heterocycles. The van der Waals surface area contributed by atoms with Gasteiger partial charge in [-0.1, -0.05) is 48.2 Å². The Bertz CT molecular complexity index is 1040. The van der Waals surface area contributed by atoms with Gasteiger partial charge >= 0.3 is 0 Å². The van der Waals surface area contributed by atoms with E-state index >= 15 is 0 Å². The second kappa shape index (κ2) is 8.76. The minimum absolute atomic E-state index is 0.0317. The van der Waals surface area contributed by atoms with E-state index in [0.717, 1.165) is 14.9 Å². The summed E-state index contributed by atoms with van der Waals surface area (Å²) in [6, 6.07) is 20.9. The molecule has 0 saturated carbocycles. The van der Waals surface area contributed by atoms with Crippen LogP contribution in [0.5, 0.6) is 0 Å². The number of hydrogen-bond acceptors (Lipinski definition) is 4. The number of nitrogens with zero attached hydrogens (tertiary/aromatic N) is 1. The predicted molar refractivity (Wildman–Crippen MR) is 110 cm³/mol. The van der Waals surface area contributed by atoms with E-state index in [1.54, 1.807) is 12.1 Å². The molecule has 2 aromatic carbocycles. The summed E-state index contributed by atoms with van der Waals surface area (Å²) in [6.07, 6.45) is 1.44. The highest BCUT2D eigenvalue weighted by molar-refractivity contribution is 9.10. The highest BCUT2D eigenvalue weighted by Gasteiger charge is 2.14. The average molecular weight is 439 g/mol. The normalized spacial score (nSPS) is 11.1. The SMILES string of the molecule is Cc1ccccc1NC(=O)/C(C#N)=C\c1cc(Br)c(Sc2ccccc2)o1. The summed E-state index contributed by atoms with van der Waals surface area (Å²) in [4.78, 5) is 13.5. The van der Waals surface area contributed by atoms with Gasteiger partial charge in [0.05, 0.1) is 4.47 Å². The van der Waals surface area contributed by atoms with E-state index in [1.165, 1.54) is 17.8 Å². The molecule has 3 rings (SSSR count). The first kappa shape index (κ1) is 19.0. The number of anilines is 1. The molecule has 0 fully saturated rings. The minimum atomic E-state index is -0.475. The van der Waals surface area contributed by atoms with E-state index in [0.29, 0.717) is 16.5 Å². The Morgan fingerprint density at radius 1 is 1.19 bits per heavy atom. The number of halogens is 1. The number of rotatable bonds is 5. The summed E-state index contributed by atoms with van der Waals surface area (Å²) in [5.74, 6) is -0.0478. The van der Waals surface area contributed by atoms with Gasteiger partial charge in [-0.25, -0.2) is 0 Å². The van der Waals surface area contributed by atoms with Crippen molar-refractivity contribution in [2.75, 3.05) is 5.32 Å². The molecule has 0 aliphatic rings. The lowest BCUT2D eigenvalue weighted by molar-refractivity contribution is -0.112. The second-order valence-electron chi connectivity index (χ2n) is 5.64. The van der Waals surface area contributed by atoms with Crippen LogP contribution in [-0.2, 0) is 4.79 Å². The zero-order chi connectivity index (χ0) is 19.2. The molecule has 3 aromatic rings. The molecule has 1 N–H and O–H groups in total. The molecule has 0 saturated heterocycles. The number of nitriles is 1. The van der Waals surface area contributed by atoms with Crippen molar-refractivity contribution < 1.29 is 9.21 Å². The zero-order valence-corrected chi connectivity index (χ0v) is 16.8. The molecule has 0 atom stereocenters. The van der Waals surface area contributed by atoms with Gasteiger partial charge in [-0.2, -0.15) is 5.26 Å². The van der Waals surface area contributed by atoms with Crippen molar-refractivity contribution in [3.8, 4) is 6.07 Å². The first-order valence-corrected chi connectivity index (χ1v) is 9.69. The fourth-order valence-corrected chi connectivity index (χ4v) is 3.65. The van der Waals surface area contributed by atoms with E-state index in [9.17, 15) is 10.1 Å². The molecule has 0 aliphatic carbocycles. The third kappa shape index (κ3) is 4.91. The number of para-hydroxylation sites is 1. The Hall–Kier alpha value is -2.75. The van der Waals surface area contributed by atoms with E-state index in [-0.39, 0.29) is 5.57 Å². The molecular weight excluding hydrogens is 424 g/mol. The molecule has 0 spiro atoms. The summed E-state index contributed by atoms with van der Waals surface area (Å²) in [5, 5.41) is 12.8. The first-order chi connectivity index (χ1) is 13.1. The Morgan fingerprint density at radius 3 is 2.59 bits per heavy atom. The monoisotopic (exact) mass is 438 g/mol. The lowest BCUT2D eigenvalue weighted by Crippen LogP contribution is -2.14. The van der Waals surface area contributed by atoms with Crippen LogP contribution in [0, 0.1) is 18.3 Å². The van der Waals surface area contributed by atoms with Crippen LogP contribution >= 0.6 is 27.7 Å². The number of carbonyl (C=O) groups is 1. The number of furan rings is 1. The Labute approximate surface area is 170 Å². The molecule has 0 unspecified atom stereocenters. The fourth-order valence-electron chi connectivity index (χ4n) is 2.30. The second-order valence-corrected chi connectivity index (χ2v) is 7.54. The van der Waals surface area contributed by atoms with Gasteiger partial charge in [0.2, 0.25) is 0 Å². The van der Waals surface area contributed by atoms with E-state index in [4.69, 9.17) is 4.42 Å². The number of carbonyl (C=O) groups excluding carboxylic acids is 1. The van der Waals surface area contributed by atoms with Crippen LogP contribution in [0.15, 0.2) is 85.1 Å². The van der Waals surface area contributed by atoms with Crippen molar-refractivity contribution in [3.05, 3.63) is 82.0 Å². The van der Waals surface area contributed by atoms with Crippen molar-refractivity contribution in [1.82, 2.24) is 0 Å². The van der Waals surface area contributed by atoms with Crippen LogP contribution < -0.4 is 5.32 Å². The number of hydrogen-bond donors (Lipinski definition) is 1. The molecule has 134 valence electrons. The Morgan fingerprint density at radius 2 is 1.89 bits per heavy atom. The highest BCUT2D eigenvalue weighted by Crippen LogP contribution is 2.36. The van der Waals surface area contributed by atoms with E-state index in [1.807, 2.05) is 61.5 Å². The lowest BCUT2D eigenvalue weighted by Gasteiger charge is -2.06. The van der Waals surface area contributed by atoms with E-state index < -0.39 is 5.91 Å². The molecule has 4 nitrogen and oxygen atoms in total. The number of amides is 1. The van der Waals surface area contributed by atoms with E-state index in [2.05, 4.69) is 21.2 Å².